The summed E-state index contributed by atoms with van der Waals surface area (Å²) < 4.78 is 0. The lowest BCUT2D eigenvalue weighted by molar-refractivity contribution is -0.129. The molecule has 0 heterocycles. The number of nitrogens with two attached hydrogens (primary N) is 1. The van der Waals surface area contributed by atoms with Gasteiger partial charge in [-0.25, -0.2) is 0 Å². The molecule has 0 unspecified atom stereocenters. The Balaban J connectivity index is 2.05. The van der Waals surface area contributed by atoms with Crippen molar-refractivity contribution >= 4 is 5.91 Å². The molecule has 0 atom stereocenters. The van der Waals surface area contributed by atoms with Crippen molar-refractivity contribution in [2.24, 2.45) is 5.73 Å². The van der Waals surface area contributed by atoms with Gasteiger partial charge >= 0.3 is 0 Å². The lowest BCUT2D eigenvalue weighted by Gasteiger charge is -2.19. The molecule has 2 N–H and O–H groups in total. The van der Waals surface area contributed by atoms with Gasteiger partial charge in [0.15, 0.2) is 0 Å². The summed E-state index contributed by atoms with van der Waals surface area (Å²) in [6.07, 6.45) is 0.399. The Bertz CT molecular complexity index is 622. The van der Waals surface area contributed by atoms with E-state index in [2.05, 4.69) is 19.1 Å². The van der Waals surface area contributed by atoms with Gasteiger partial charge in [-0.3, -0.25) is 4.79 Å². The molecule has 0 aliphatic carbocycles. The fourth-order valence-corrected chi connectivity index (χ4v) is 2.36. The van der Waals surface area contributed by atoms with Gasteiger partial charge in [0.1, 0.15) is 0 Å². The Morgan fingerprint density at radius 2 is 1.57 bits per heavy atom. The van der Waals surface area contributed by atoms with Crippen molar-refractivity contribution in [2.75, 3.05) is 7.05 Å². The molecule has 0 fully saturated rings. The van der Waals surface area contributed by atoms with Gasteiger partial charge in [-0.2, -0.15) is 0 Å². The van der Waals surface area contributed by atoms with Crippen molar-refractivity contribution in [3.63, 3.8) is 0 Å². The van der Waals surface area contributed by atoms with Crippen molar-refractivity contribution in [2.45, 2.75) is 26.4 Å². The zero-order valence-electron chi connectivity index (χ0n) is 12.7. The van der Waals surface area contributed by atoms with Gasteiger partial charge in [-0.05, 0) is 29.2 Å². The predicted octanol–water partition coefficient (Wildman–Crippen LogP) is 2.65. The number of rotatable bonds is 5. The van der Waals surface area contributed by atoms with Crippen LogP contribution >= 0.6 is 0 Å². The highest BCUT2D eigenvalue weighted by Crippen LogP contribution is 2.13. The molecule has 21 heavy (non-hydrogen) atoms. The minimum Gasteiger partial charge on any atom is -0.341 e. The maximum atomic E-state index is 12.4. The summed E-state index contributed by atoms with van der Waals surface area (Å²) in [6.45, 7) is 3.17. The largest absolute Gasteiger partial charge is 0.341 e. The maximum Gasteiger partial charge on any atom is 0.227 e. The molecule has 2 aromatic carbocycles. The Morgan fingerprint density at radius 1 is 1.00 bits per heavy atom. The lowest BCUT2D eigenvalue weighted by Crippen LogP contribution is -2.28. The smallest absolute Gasteiger partial charge is 0.227 e. The Kier molecular flexibility index (Phi) is 5.12. The van der Waals surface area contributed by atoms with Crippen LogP contribution in [0.5, 0.6) is 0 Å². The van der Waals surface area contributed by atoms with Crippen LogP contribution in [0.2, 0.25) is 0 Å². The van der Waals surface area contributed by atoms with Crippen molar-refractivity contribution in [3.8, 4) is 0 Å². The van der Waals surface area contributed by atoms with Gasteiger partial charge in [0.25, 0.3) is 0 Å². The van der Waals surface area contributed by atoms with Gasteiger partial charge in [0, 0.05) is 20.1 Å². The predicted molar refractivity (Wildman–Crippen MR) is 85.7 cm³/mol. The van der Waals surface area contributed by atoms with E-state index in [-0.39, 0.29) is 5.91 Å². The van der Waals surface area contributed by atoms with Gasteiger partial charge in [-0.15, -0.1) is 0 Å². The molecular formula is C18H22N2O. The van der Waals surface area contributed by atoms with Crippen molar-refractivity contribution in [1.82, 2.24) is 4.90 Å². The van der Waals surface area contributed by atoms with Crippen molar-refractivity contribution < 1.29 is 4.79 Å². The summed E-state index contributed by atoms with van der Waals surface area (Å²) in [5.74, 6) is 0.110. The van der Waals surface area contributed by atoms with E-state index >= 15 is 0 Å². The van der Waals surface area contributed by atoms with Crippen LogP contribution in [0.25, 0.3) is 0 Å². The topological polar surface area (TPSA) is 46.3 Å². The van der Waals surface area contributed by atoms with E-state index in [1.165, 1.54) is 11.1 Å². The van der Waals surface area contributed by atoms with Crippen LogP contribution < -0.4 is 5.73 Å². The van der Waals surface area contributed by atoms with Crippen LogP contribution in [0.4, 0.5) is 0 Å². The zero-order chi connectivity index (χ0) is 15.2. The fourth-order valence-electron chi connectivity index (χ4n) is 2.36. The molecule has 0 spiro atoms. The minimum atomic E-state index is 0.110. The minimum absolute atomic E-state index is 0.110. The van der Waals surface area contributed by atoms with E-state index in [0.29, 0.717) is 19.5 Å². The average Bonchev–Trinajstić information content (AvgIpc) is 2.50. The summed E-state index contributed by atoms with van der Waals surface area (Å²) in [4.78, 5) is 14.2. The van der Waals surface area contributed by atoms with Crippen LogP contribution in [-0.4, -0.2) is 17.9 Å². The highest BCUT2D eigenvalue weighted by molar-refractivity contribution is 5.78. The van der Waals surface area contributed by atoms with E-state index < -0.39 is 0 Å². The molecule has 0 aromatic heterocycles. The third-order valence-electron chi connectivity index (χ3n) is 3.77. The lowest BCUT2D eigenvalue weighted by atomic mass is 10.0. The van der Waals surface area contributed by atoms with E-state index in [4.69, 9.17) is 5.73 Å². The highest BCUT2D eigenvalue weighted by atomic mass is 16.2. The molecule has 110 valence electrons. The molecule has 1 amide bonds. The Labute approximate surface area is 126 Å². The molecule has 0 saturated heterocycles. The highest BCUT2D eigenvalue weighted by Gasteiger charge is 2.12. The van der Waals surface area contributed by atoms with Crippen LogP contribution in [-0.2, 0) is 24.3 Å². The molecule has 2 rings (SSSR count). The number of carbonyl (C=O) groups excluding carboxylic acids is 1. The van der Waals surface area contributed by atoms with Gasteiger partial charge in [-0.1, -0.05) is 48.5 Å². The number of likely N-dealkylation sites (N-methyl/N-ethyl adjacent to an activating group) is 1. The maximum absolute atomic E-state index is 12.4. The van der Waals surface area contributed by atoms with Crippen LogP contribution in [0, 0.1) is 6.92 Å². The van der Waals surface area contributed by atoms with Crippen LogP contribution in [0.3, 0.4) is 0 Å². The Morgan fingerprint density at radius 3 is 2.19 bits per heavy atom. The third kappa shape index (κ3) is 3.92. The average molecular weight is 282 g/mol. The van der Waals surface area contributed by atoms with E-state index in [0.717, 1.165) is 11.1 Å². The van der Waals surface area contributed by atoms with Gasteiger partial charge in [0.05, 0.1) is 6.42 Å². The summed E-state index contributed by atoms with van der Waals surface area (Å²) in [5.41, 5.74) is 10.2. The number of hydrogen-bond acceptors (Lipinski definition) is 2. The van der Waals surface area contributed by atoms with Crippen LogP contribution in [0.1, 0.15) is 22.3 Å². The SMILES string of the molecule is Cc1ccccc1CN(C)C(=O)Cc1ccccc1CN. The molecule has 0 radical (unpaired) electrons. The van der Waals surface area contributed by atoms with Gasteiger partial charge in [0.2, 0.25) is 5.91 Å². The number of carbonyl (C=O) groups is 1. The first kappa shape index (κ1) is 15.3. The number of hydrogen-bond donors (Lipinski definition) is 1. The second-order valence-electron chi connectivity index (χ2n) is 5.33. The number of benzene rings is 2. The van der Waals surface area contributed by atoms with E-state index in [9.17, 15) is 4.79 Å². The molecule has 2 aromatic rings. The summed E-state index contributed by atoms with van der Waals surface area (Å²) >= 11 is 0. The first-order valence-electron chi connectivity index (χ1n) is 7.17. The van der Waals surface area contributed by atoms with E-state index in [1.54, 1.807) is 4.90 Å². The number of nitrogens with zero attached hydrogens (tertiary/aromatic N) is 1. The molecule has 3 nitrogen and oxygen atoms in total. The monoisotopic (exact) mass is 282 g/mol. The number of aryl methyl sites for hydroxylation is 1. The van der Waals surface area contributed by atoms with Crippen molar-refractivity contribution in [3.05, 3.63) is 70.8 Å². The Hall–Kier alpha value is -2.13. The zero-order valence-corrected chi connectivity index (χ0v) is 12.7. The van der Waals surface area contributed by atoms with Crippen molar-refractivity contribution in [1.29, 1.82) is 0 Å². The second-order valence-corrected chi connectivity index (χ2v) is 5.33. The summed E-state index contributed by atoms with van der Waals surface area (Å²) in [6, 6.07) is 16.0. The molecular weight excluding hydrogens is 260 g/mol. The first-order chi connectivity index (χ1) is 10.1. The third-order valence-corrected chi connectivity index (χ3v) is 3.77. The normalized spacial score (nSPS) is 10.4. The second kappa shape index (κ2) is 7.04. The number of amides is 1. The standard InChI is InChI=1S/C18H22N2O/c1-14-7-3-4-10-17(14)13-20(2)18(21)11-15-8-5-6-9-16(15)12-19/h3-10H,11-13,19H2,1-2H3. The molecule has 0 saturated carbocycles. The summed E-state index contributed by atoms with van der Waals surface area (Å²) in [7, 11) is 1.85. The fraction of sp³-hybridized carbons (Fsp3) is 0.278. The van der Waals surface area contributed by atoms with E-state index in [1.807, 2.05) is 43.4 Å². The van der Waals surface area contributed by atoms with Crippen LogP contribution in [0.15, 0.2) is 48.5 Å². The van der Waals surface area contributed by atoms with Gasteiger partial charge < -0.3 is 10.6 Å². The molecule has 0 aliphatic heterocycles. The molecule has 0 aliphatic rings. The quantitative estimate of drug-likeness (QED) is 0.916. The molecule has 3 heteroatoms. The first-order valence-corrected chi connectivity index (χ1v) is 7.17. The summed E-state index contributed by atoms with van der Waals surface area (Å²) in [5, 5.41) is 0. The molecule has 0 bridgehead atoms.